The zero-order chi connectivity index (χ0) is 19.8. The third-order valence-corrected chi connectivity index (χ3v) is 7.27. The molecule has 1 aromatic carbocycles. The first-order valence-electron chi connectivity index (χ1n) is 9.61. The molecule has 0 fully saturated rings. The SMILES string of the molecule is C=CCSc1nc2sc3c(c2c(=O)n1-c1ccc(C)cc1)CCN(C(C)C)C3. The molecular formula is C22H25N3OS2. The molecule has 4 nitrogen and oxygen atoms in total. The van der Waals surface area contributed by atoms with Crippen molar-refractivity contribution in [3.8, 4) is 5.69 Å². The van der Waals surface area contributed by atoms with E-state index in [-0.39, 0.29) is 5.56 Å². The van der Waals surface area contributed by atoms with Crippen LogP contribution >= 0.6 is 23.1 Å². The van der Waals surface area contributed by atoms with Gasteiger partial charge in [-0.15, -0.1) is 17.9 Å². The second kappa shape index (κ2) is 7.85. The van der Waals surface area contributed by atoms with Crippen molar-refractivity contribution in [2.45, 2.75) is 44.9 Å². The van der Waals surface area contributed by atoms with Gasteiger partial charge in [0.15, 0.2) is 5.16 Å². The third-order valence-electron chi connectivity index (χ3n) is 5.23. The summed E-state index contributed by atoms with van der Waals surface area (Å²) in [6, 6.07) is 8.59. The lowest BCUT2D eigenvalue weighted by molar-refractivity contribution is 0.206. The van der Waals surface area contributed by atoms with Crippen molar-refractivity contribution >= 4 is 33.3 Å². The van der Waals surface area contributed by atoms with Crippen molar-refractivity contribution in [2.75, 3.05) is 12.3 Å². The van der Waals surface area contributed by atoms with Crippen molar-refractivity contribution in [2.24, 2.45) is 0 Å². The maximum absolute atomic E-state index is 13.6. The van der Waals surface area contributed by atoms with Crippen LogP contribution in [0.4, 0.5) is 0 Å². The summed E-state index contributed by atoms with van der Waals surface area (Å²) in [4.78, 5) is 23.2. The molecule has 0 saturated heterocycles. The van der Waals surface area contributed by atoms with Crippen LogP contribution in [0.5, 0.6) is 0 Å². The van der Waals surface area contributed by atoms with E-state index in [0.29, 0.717) is 6.04 Å². The molecule has 6 heteroatoms. The van der Waals surface area contributed by atoms with Crippen molar-refractivity contribution in [3.05, 3.63) is 63.3 Å². The first-order valence-corrected chi connectivity index (χ1v) is 11.4. The number of fused-ring (bicyclic) bond motifs is 3. The maximum Gasteiger partial charge on any atom is 0.267 e. The molecule has 3 aromatic rings. The zero-order valence-electron chi connectivity index (χ0n) is 16.6. The molecule has 3 heterocycles. The first kappa shape index (κ1) is 19.4. The number of nitrogens with zero attached hydrogens (tertiary/aromatic N) is 3. The molecule has 1 aliphatic rings. The molecule has 0 amide bonds. The van der Waals surface area contributed by atoms with Crippen LogP contribution < -0.4 is 5.56 Å². The summed E-state index contributed by atoms with van der Waals surface area (Å²) in [7, 11) is 0. The Morgan fingerprint density at radius 3 is 2.75 bits per heavy atom. The number of benzene rings is 1. The van der Waals surface area contributed by atoms with Crippen LogP contribution in [-0.4, -0.2) is 32.8 Å². The van der Waals surface area contributed by atoms with Gasteiger partial charge < -0.3 is 0 Å². The zero-order valence-corrected chi connectivity index (χ0v) is 18.2. The van der Waals surface area contributed by atoms with Gasteiger partial charge in [-0.1, -0.05) is 35.5 Å². The molecule has 0 spiro atoms. The van der Waals surface area contributed by atoms with E-state index in [1.54, 1.807) is 27.7 Å². The van der Waals surface area contributed by atoms with Crippen molar-refractivity contribution in [3.63, 3.8) is 0 Å². The molecule has 0 bridgehead atoms. The van der Waals surface area contributed by atoms with Gasteiger partial charge in [-0.2, -0.15) is 0 Å². The normalized spacial score (nSPS) is 14.6. The summed E-state index contributed by atoms with van der Waals surface area (Å²) in [5.41, 5.74) is 3.30. The fraction of sp³-hybridized carbons (Fsp3) is 0.364. The van der Waals surface area contributed by atoms with Crippen molar-refractivity contribution in [1.82, 2.24) is 14.5 Å². The van der Waals surface area contributed by atoms with Crippen LogP contribution in [0.15, 0.2) is 46.9 Å². The molecule has 146 valence electrons. The standard InChI is InChI=1S/C22H25N3OS2/c1-5-12-27-22-23-20-19(17-10-11-24(14(2)3)13-18(17)28-20)21(26)25(22)16-8-6-15(4)7-9-16/h5-9,14H,1,10-13H2,2-4H3. The Morgan fingerprint density at radius 2 is 2.07 bits per heavy atom. The van der Waals surface area contributed by atoms with Gasteiger partial charge in [0, 0.05) is 29.8 Å². The monoisotopic (exact) mass is 411 g/mol. The van der Waals surface area contributed by atoms with Gasteiger partial charge in [-0.3, -0.25) is 14.3 Å². The van der Waals surface area contributed by atoms with Crippen molar-refractivity contribution in [1.29, 1.82) is 0 Å². The fourth-order valence-corrected chi connectivity index (χ4v) is 5.67. The Labute approximate surface area is 173 Å². The third kappa shape index (κ3) is 3.45. The van der Waals surface area contributed by atoms with Gasteiger partial charge in [-0.25, -0.2) is 4.98 Å². The maximum atomic E-state index is 13.6. The van der Waals surface area contributed by atoms with Gasteiger partial charge in [0.05, 0.1) is 11.1 Å². The lowest BCUT2D eigenvalue weighted by Gasteiger charge is -2.30. The minimum absolute atomic E-state index is 0.0518. The van der Waals surface area contributed by atoms with Crippen LogP contribution in [0.25, 0.3) is 15.9 Å². The smallest absolute Gasteiger partial charge is 0.267 e. The minimum atomic E-state index is 0.0518. The van der Waals surface area contributed by atoms with Crippen LogP contribution in [0.1, 0.15) is 29.9 Å². The van der Waals surface area contributed by atoms with E-state index in [0.717, 1.165) is 46.3 Å². The van der Waals surface area contributed by atoms with E-state index >= 15 is 0 Å². The van der Waals surface area contributed by atoms with Crippen LogP contribution in [0, 0.1) is 6.92 Å². The first-order chi connectivity index (χ1) is 13.5. The molecule has 0 unspecified atom stereocenters. The number of rotatable bonds is 5. The number of thiophene rings is 1. The summed E-state index contributed by atoms with van der Waals surface area (Å²) in [5.74, 6) is 0.718. The minimum Gasteiger partial charge on any atom is -0.296 e. The largest absolute Gasteiger partial charge is 0.296 e. The molecule has 2 aromatic heterocycles. The number of hydrogen-bond donors (Lipinski definition) is 0. The Bertz CT molecular complexity index is 1080. The summed E-state index contributed by atoms with van der Waals surface area (Å²) in [5, 5.41) is 1.55. The molecule has 0 N–H and O–H groups in total. The molecule has 0 saturated carbocycles. The quantitative estimate of drug-likeness (QED) is 0.343. The van der Waals surface area contributed by atoms with Crippen LogP contribution in [-0.2, 0) is 13.0 Å². The van der Waals surface area contributed by atoms with Gasteiger partial charge in [0.2, 0.25) is 0 Å². The summed E-state index contributed by atoms with van der Waals surface area (Å²) >= 11 is 3.24. The molecule has 1 aliphatic heterocycles. The molecular weight excluding hydrogens is 386 g/mol. The highest BCUT2D eigenvalue weighted by Crippen LogP contribution is 2.34. The van der Waals surface area contributed by atoms with Crippen LogP contribution in [0.2, 0.25) is 0 Å². The fourth-order valence-electron chi connectivity index (χ4n) is 3.64. The lowest BCUT2D eigenvalue weighted by Crippen LogP contribution is -2.35. The average molecular weight is 412 g/mol. The van der Waals surface area contributed by atoms with Gasteiger partial charge in [-0.05, 0) is 44.9 Å². The van der Waals surface area contributed by atoms with E-state index in [1.807, 2.05) is 30.3 Å². The average Bonchev–Trinajstić information content (AvgIpc) is 3.05. The van der Waals surface area contributed by atoms with Gasteiger partial charge in [0.1, 0.15) is 4.83 Å². The lowest BCUT2D eigenvalue weighted by atomic mass is 10.0. The molecule has 28 heavy (non-hydrogen) atoms. The van der Waals surface area contributed by atoms with Crippen LogP contribution in [0.3, 0.4) is 0 Å². The highest BCUT2D eigenvalue weighted by Gasteiger charge is 2.26. The summed E-state index contributed by atoms with van der Waals surface area (Å²) in [6.07, 6.45) is 2.76. The second-order valence-corrected chi connectivity index (χ2v) is 9.54. The Balaban J connectivity index is 1.92. The number of aromatic nitrogens is 2. The summed E-state index contributed by atoms with van der Waals surface area (Å²) < 4.78 is 1.78. The van der Waals surface area contributed by atoms with Crippen molar-refractivity contribution < 1.29 is 0 Å². The van der Waals surface area contributed by atoms with E-state index in [1.165, 1.54) is 16.0 Å². The van der Waals surface area contributed by atoms with E-state index in [4.69, 9.17) is 4.98 Å². The Morgan fingerprint density at radius 1 is 1.32 bits per heavy atom. The molecule has 0 aliphatic carbocycles. The van der Waals surface area contributed by atoms with E-state index < -0.39 is 0 Å². The molecule has 4 rings (SSSR count). The predicted molar refractivity (Wildman–Crippen MR) is 120 cm³/mol. The Kier molecular flexibility index (Phi) is 5.45. The molecule has 0 atom stereocenters. The highest BCUT2D eigenvalue weighted by atomic mass is 32.2. The van der Waals surface area contributed by atoms with Gasteiger partial charge in [0.25, 0.3) is 5.56 Å². The number of thioether (sulfide) groups is 1. The van der Waals surface area contributed by atoms with E-state index in [9.17, 15) is 4.79 Å². The second-order valence-electron chi connectivity index (χ2n) is 7.47. The number of aryl methyl sites for hydroxylation is 1. The number of hydrogen-bond acceptors (Lipinski definition) is 5. The summed E-state index contributed by atoms with van der Waals surface area (Å²) in [6.45, 7) is 12.2. The highest BCUT2D eigenvalue weighted by molar-refractivity contribution is 7.99. The van der Waals surface area contributed by atoms with Gasteiger partial charge >= 0.3 is 0 Å². The topological polar surface area (TPSA) is 38.1 Å². The predicted octanol–water partition coefficient (Wildman–Crippen LogP) is 4.80. The Hall–Kier alpha value is -1.89. The van der Waals surface area contributed by atoms with E-state index in [2.05, 4.69) is 32.3 Å². The molecule has 0 radical (unpaired) electrons.